The summed E-state index contributed by atoms with van der Waals surface area (Å²) in [5.74, 6) is -1.13. The number of rotatable bonds is 2. The number of anilines is 1. The second-order valence-corrected chi connectivity index (χ2v) is 3.55. The summed E-state index contributed by atoms with van der Waals surface area (Å²) in [6.45, 7) is 0.162. The summed E-state index contributed by atoms with van der Waals surface area (Å²) in [6.07, 6.45) is -0.651. The van der Waals surface area contributed by atoms with Gasteiger partial charge in [0.1, 0.15) is 5.82 Å². The van der Waals surface area contributed by atoms with Crippen LogP contribution >= 0.6 is 0 Å². The van der Waals surface area contributed by atoms with Gasteiger partial charge in [-0.05, 0) is 12.1 Å². The maximum atomic E-state index is 11.4. The molecule has 1 unspecified atom stereocenters. The van der Waals surface area contributed by atoms with Crippen LogP contribution in [-0.2, 0) is 4.79 Å². The van der Waals surface area contributed by atoms with Gasteiger partial charge in [-0.1, -0.05) is 6.07 Å². The fraction of sp³-hybridized carbons (Fsp3) is 0.300. The fourth-order valence-corrected chi connectivity index (χ4v) is 1.60. The number of carbonyl (C=O) groups is 2. The number of nitrogens with zero attached hydrogens (tertiary/aromatic N) is 2. The first-order valence-corrected chi connectivity index (χ1v) is 4.76. The van der Waals surface area contributed by atoms with E-state index in [4.69, 9.17) is 5.11 Å². The van der Waals surface area contributed by atoms with Gasteiger partial charge in [-0.25, -0.2) is 9.78 Å². The highest BCUT2D eigenvalue weighted by Gasteiger charge is 2.30. The summed E-state index contributed by atoms with van der Waals surface area (Å²) in [7, 11) is 0. The predicted octanol–water partition coefficient (Wildman–Crippen LogP) is -0.123. The Morgan fingerprint density at radius 1 is 1.50 bits per heavy atom. The van der Waals surface area contributed by atoms with E-state index in [-0.39, 0.29) is 30.4 Å². The van der Waals surface area contributed by atoms with E-state index in [2.05, 4.69) is 4.98 Å². The quantitative estimate of drug-likeness (QED) is 0.727. The molecule has 0 spiro atoms. The lowest BCUT2D eigenvalue weighted by Crippen LogP contribution is -2.26. The summed E-state index contributed by atoms with van der Waals surface area (Å²) >= 11 is 0. The maximum Gasteiger partial charge on any atom is 0.354 e. The van der Waals surface area contributed by atoms with Crippen LogP contribution in [-0.4, -0.2) is 39.7 Å². The van der Waals surface area contributed by atoms with E-state index in [1.54, 1.807) is 6.07 Å². The number of pyridine rings is 1. The summed E-state index contributed by atoms with van der Waals surface area (Å²) in [5.41, 5.74) is -0.119. The van der Waals surface area contributed by atoms with Gasteiger partial charge in [0.25, 0.3) is 0 Å². The monoisotopic (exact) mass is 222 g/mol. The van der Waals surface area contributed by atoms with E-state index in [0.717, 1.165) is 0 Å². The van der Waals surface area contributed by atoms with Crippen LogP contribution in [0, 0.1) is 0 Å². The molecule has 1 aliphatic rings. The molecule has 2 rings (SSSR count). The van der Waals surface area contributed by atoms with Gasteiger partial charge in [0.05, 0.1) is 19.1 Å². The molecule has 16 heavy (non-hydrogen) atoms. The van der Waals surface area contributed by atoms with E-state index in [1.807, 2.05) is 0 Å². The average molecular weight is 222 g/mol. The Labute approximate surface area is 91.1 Å². The van der Waals surface area contributed by atoms with Gasteiger partial charge in [0.15, 0.2) is 5.69 Å². The zero-order valence-electron chi connectivity index (χ0n) is 8.33. The van der Waals surface area contributed by atoms with E-state index in [1.165, 1.54) is 17.0 Å². The minimum absolute atomic E-state index is 0.0545. The van der Waals surface area contributed by atoms with Crippen LogP contribution < -0.4 is 4.90 Å². The molecule has 1 aromatic heterocycles. The largest absolute Gasteiger partial charge is 0.477 e. The smallest absolute Gasteiger partial charge is 0.354 e. The van der Waals surface area contributed by atoms with Crippen LogP contribution in [0.15, 0.2) is 18.2 Å². The number of aliphatic hydroxyl groups excluding tert-OH is 1. The Balaban J connectivity index is 2.30. The molecule has 0 saturated carbocycles. The maximum absolute atomic E-state index is 11.4. The number of β-amino-alcohol motifs (C(OH)–C–C–N with tert-alkyl or cyclic N) is 1. The lowest BCUT2D eigenvalue weighted by atomic mass is 10.3. The van der Waals surface area contributed by atoms with Gasteiger partial charge in [-0.15, -0.1) is 0 Å². The molecule has 1 aromatic rings. The van der Waals surface area contributed by atoms with Crippen molar-refractivity contribution in [3.05, 3.63) is 23.9 Å². The molecule has 1 aliphatic heterocycles. The van der Waals surface area contributed by atoms with Gasteiger partial charge in [0.2, 0.25) is 5.91 Å². The van der Waals surface area contributed by atoms with Crippen molar-refractivity contribution in [3.63, 3.8) is 0 Å². The van der Waals surface area contributed by atoms with E-state index in [9.17, 15) is 14.7 Å². The van der Waals surface area contributed by atoms with Crippen LogP contribution in [0.25, 0.3) is 0 Å². The number of hydrogen-bond acceptors (Lipinski definition) is 4. The topological polar surface area (TPSA) is 90.7 Å². The Morgan fingerprint density at radius 2 is 2.25 bits per heavy atom. The first kappa shape index (κ1) is 10.6. The molecule has 2 N–H and O–H groups in total. The first-order valence-electron chi connectivity index (χ1n) is 4.76. The molecule has 84 valence electrons. The molecule has 6 heteroatoms. The van der Waals surface area contributed by atoms with Crippen LogP contribution in [0.5, 0.6) is 0 Å². The minimum atomic E-state index is -1.14. The Kier molecular flexibility index (Phi) is 2.57. The summed E-state index contributed by atoms with van der Waals surface area (Å²) in [6, 6.07) is 4.41. The Hall–Kier alpha value is -1.95. The summed E-state index contributed by atoms with van der Waals surface area (Å²) in [4.78, 5) is 27.3. The number of carbonyl (C=O) groups excluding carboxylic acids is 1. The summed E-state index contributed by atoms with van der Waals surface area (Å²) in [5, 5.41) is 18.1. The van der Waals surface area contributed by atoms with Crippen molar-refractivity contribution in [3.8, 4) is 0 Å². The second kappa shape index (κ2) is 3.90. The molecule has 0 aliphatic carbocycles. The molecule has 0 bridgehead atoms. The van der Waals surface area contributed by atoms with Crippen LogP contribution in [0.1, 0.15) is 16.9 Å². The lowest BCUT2D eigenvalue weighted by molar-refractivity contribution is -0.117. The van der Waals surface area contributed by atoms with Gasteiger partial charge in [0, 0.05) is 0 Å². The van der Waals surface area contributed by atoms with E-state index >= 15 is 0 Å². The van der Waals surface area contributed by atoms with Gasteiger partial charge in [-0.2, -0.15) is 0 Å². The van der Waals surface area contributed by atoms with Crippen molar-refractivity contribution in [1.82, 2.24) is 4.98 Å². The zero-order valence-corrected chi connectivity index (χ0v) is 8.33. The molecular formula is C10H10N2O4. The average Bonchev–Trinajstić information content (AvgIpc) is 2.58. The predicted molar refractivity (Wildman–Crippen MR) is 54.2 cm³/mol. The molecule has 1 amide bonds. The van der Waals surface area contributed by atoms with Crippen LogP contribution in [0.2, 0.25) is 0 Å². The fourth-order valence-electron chi connectivity index (χ4n) is 1.60. The van der Waals surface area contributed by atoms with Crippen molar-refractivity contribution in [2.24, 2.45) is 0 Å². The number of carboxylic acids is 1. The van der Waals surface area contributed by atoms with Gasteiger partial charge < -0.3 is 10.2 Å². The highest BCUT2D eigenvalue weighted by atomic mass is 16.4. The zero-order chi connectivity index (χ0) is 11.7. The standard InChI is InChI=1S/C10H10N2O4/c13-6-4-9(14)12(5-6)8-3-1-2-7(11-8)10(15)16/h1-3,6,13H,4-5H2,(H,15,16). The van der Waals surface area contributed by atoms with Gasteiger partial charge >= 0.3 is 5.97 Å². The third-order valence-corrected chi connectivity index (χ3v) is 2.33. The summed E-state index contributed by atoms with van der Waals surface area (Å²) < 4.78 is 0. The number of aromatic carboxylic acids is 1. The molecule has 6 nitrogen and oxygen atoms in total. The van der Waals surface area contributed by atoms with Crippen molar-refractivity contribution in [2.75, 3.05) is 11.4 Å². The number of amides is 1. The van der Waals surface area contributed by atoms with Gasteiger partial charge in [-0.3, -0.25) is 9.69 Å². The third kappa shape index (κ3) is 1.87. The van der Waals surface area contributed by atoms with Crippen molar-refractivity contribution in [1.29, 1.82) is 0 Å². The van der Waals surface area contributed by atoms with Crippen molar-refractivity contribution in [2.45, 2.75) is 12.5 Å². The molecule has 2 heterocycles. The van der Waals surface area contributed by atoms with Crippen LogP contribution in [0.3, 0.4) is 0 Å². The minimum Gasteiger partial charge on any atom is -0.477 e. The first-order chi connectivity index (χ1) is 7.58. The molecule has 1 atom stereocenters. The van der Waals surface area contributed by atoms with Crippen LogP contribution in [0.4, 0.5) is 5.82 Å². The number of aromatic nitrogens is 1. The van der Waals surface area contributed by atoms with Crippen molar-refractivity contribution < 1.29 is 19.8 Å². The highest BCUT2D eigenvalue weighted by molar-refractivity contribution is 5.95. The highest BCUT2D eigenvalue weighted by Crippen LogP contribution is 2.19. The SMILES string of the molecule is O=C(O)c1cccc(N2CC(O)CC2=O)n1. The molecule has 0 aromatic carbocycles. The molecule has 1 fully saturated rings. The number of aliphatic hydroxyl groups is 1. The normalized spacial score (nSPS) is 20.2. The Bertz CT molecular complexity index is 446. The number of hydrogen-bond donors (Lipinski definition) is 2. The lowest BCUT2D eigenvalue weighted by Gasteiger charge is -2.14. The Morgan fingerprint density at radius 3 is 2.81 bits per heavy atom. The van der Waals surface area contributed by atoms with Crippen molar-refractivity contribution >= 4 is 17.7 Å². The van der Waals surface area contributed by atoms with E-state index in [0.29, 0.717) is 0 Å². The third-order valence-electron chi connectivity index (χ3n) is 2.33. The second-order valence-electron chi connectivity index (χ2n) is 3.55. The molecular weight excluding hydrogens is 212 g/mol. The molecule has 1 saturated heterocycles. The number of carboxylic acid groups (broad SMARTS) is 1. The molecule has 0 radical (unpaired) electrons. The van der Waals surface area contributed by atoms with E-state index < -0.39 is 12.1 Å².